The lowest BCUT2D eigenvalue weighted by Gasteiger charge is -2.33. The fraction of sp³-hybridized carbons (Fsp3) is 0.429. The maximum atomic E-state index is 14.1. The van der Waals surface area contributed by atoms with Gasteiger partial charge < -0.3 is 15.0 Å². The van der Waals surface area contributed by atoms with E-state index < -0.39 is 16.1 Å². The van der Waals surface area contributed by atoms with Gasteiger partial charge in [-0.2, -0.15) is 0 Å². The number of nitrogens with zero attached hydrogens (tertiary/aromatic N) is 2. The van der Waals surface area contributed by atoms with Gasteiger partial charge in [-0.3, -0.25) is 13.9 Å². The number of nitrogens with one attached hydrogen (secondary N) is 1. The molecule has 1 N–H and O–H groups in total. The van der Waals surface area contributed by atoms with Gasteiger partial charge in [-0.1, -0.05) is 74.4 Å². The van der Waals surface area contributed by atoms with Crippen molar-refractivity contribution in [2.45, 2.75) is 76.9 Å². The van der Waals surface area contributed by atoms with Crippen LogP contribution >= 0.6 is 0 Å². The lowest BCUT2D eigenvalue weighted by molar-refractivity contribution is -0.141. The zero-order valence-electron chi connectivity index (χ0n) is 26.1. The number of benzene rings is 3. The van der Waals surface area contributed by atoms with Crippen molar-refractivity contribution < 1.29 is 22.7 Å². The molecule has 0 spiro atoms. The Morgan fingerprint density at radius 2 is 1.61 bits per heavy atom. The predicted octanol–water partition coefficient (Wildman–Crippen LogP) is 5.50. The fourth-order valence-corrected chi connectivity index (χ4v) is 6.76. The van der Waals surface area contributed by atoms with Crippen molar-refractivity contribution in [3.8, 4) is 5.75 Å². The summed E-state index contributed by atoms with van der Waals surface area (Å²) < 4.78 is 32.2. The number of sulfonamides is 1. The Bertz CT molecular complexity index is 1470. The van der Waals surface area contributed by atoms with Crippen molar-refractivity contribution in [2.24, 2.45) is 0 Å². The van der Waals surface area contributed by atoms with E-state index in [2.05, 4.69) is 5.32 Å². The van der Waals surface area contributed by atoms with Crippen LogP contribution in [0.2, 0.25) is 0 Å². The Kier molecular flexibility index (Phi) is 11.8. The number of anilines is 1. The van der Waals surface area contributed by atoms with Crippen molar-refractivity contribution in [3.05, 3.63) is 95.6 Å². The average Bonchev–Trinajstić information content (AvgIpc) is 3.54. The second-order valence-corrected chi connectivity index (χ2v) is 13.4. The first-order valence-electron chi connectivity index (χ1n) is 15.5. The van der Waals surface area contributed by atoms with Gasteiger partial charge in [0.15, 0.2) is 0 Å². The summed E-state index contributed by atoms with van der Waals surface area (Å²) in [6.45, 7) is 2.42. The van der Waals surface area contributed by atoms with Crippen LogP contribution in [0.3, 0.4) is 0 Å². The van der Waals surface area contributed by atoms with E-state index in [0.29, 0.717) is 24.3 Å². The van der Waals surface area contributed by atoms with Gasteiger partial charge in [0.25, 0.3) is 0 Å². The number of rotatable bonds is 15. The third kappa shape index (κ3) is 9.32. The van der Waals surface area contributed by atoms with E-state index in [0.717, 1.165) is 48.8 Å². The highest BCUT2D eigenvalue weighted by molar-refractivity contribution is 7.92. The Morgan fingerprint density at radius 3 is 2.25 bits per heavy atom. The van der Waals surface area contributed by atoms with Gasteiger partial charge in [-0.15, -0.1) is 0 Å². The molecule has 8 nitrogen and oxygen atoms in total. The van der Waals surface area contributed by atoms with Gasteiger partial charge in [0.05, 0.1) is 19.1 Å². The molecule has 1 aliphatic rings. The summed E-state index contributed by atoms with van der Waals surface area (Å²) in [6, 6.07) is 24.1. The molecule has 3 aromatic rings. The molecule has 1 unspecified atom stereocenters. The van der Waals surface area contributed by atoms with Crippen LogP contribution in [0.4, 0.5) is 5.69 Å². The molecular weight excluding hydrogens is 574 g/mol. The summed E-state index contributed by atoms with van der Waals surface area (Å²) >= 11 is 0. The monoisotopic (exact) mass is 619 g/mol. The van der Waals surface area contributed by atoms with Gasteiger partial charge in [0.2, 0.25) is 21.8 Å². The van der Waals surface area contributed by atoms with Gasteiger partial charge in [-0.25, -0.2) is 8.42 Å². The van der Waals surface area contributed by atoms with Crippen molar-refractivity contribution in [1.82, 2.24) is 10.2 Å². The zero-order valence-corrected chi connectivity index (χ0v) is 26.9. The standard InChI is InChI=1S/C35H45N3O5S/c1-4-27-19-21-31(22-20-27)38(44(3,41)42)23-11-18-34(39)37(26-29-14-10-17-32(24-29)43-2)33(25-28-12-6-5-7-13-28)35(40)36-30-15-8-9-16-30/h5-7,10,12-14,17,19-22,24,30,33H,4,8-9,11,15-16,18,23,25-26H2,1-3H3,(H,36,40). The molecule has 4 rings (SSSR count). The van der Waals surface area contributed by atoms with Crippen molar-refractivity contribution in [3.63, 3.8) is 0 Å². The van der Waals surface area contributed by atoms with Gasteiger partial charge in [-0.05, 0) is 66.6 Å². The Balaban J connectivity index is 1.59. The van der Waals surface area contributed by atoms with Gasteiger partial charge in [0, 0.05) is 32.0 Å². The number of aryl methyl sites for hydroxylation is 1. The first-order valence-corrected chi connectivity index (χ1v) is 17.4. The smallest absolute Gasteiger partial charge is 0.243 e. The Hall–Kier alpha value is -3.85. The van der Waals surface area contributed by atoms with Crippen LogP contribution in [0.15, 0.2) is 78.9 Å². The highest BCUT2D eigenvalue weighted by Crippen LogP contribution is 2.23. The van der Waals surface area contributed by atoms with Crippen LogP contribution in [0.25, 0.3) is 0 Å². The van der Waals surface area contributed by atoms with Crippen LogP contribution in [-0.2, 0) is 39.0 Å². The highest BCUT2D eigenvalue weighted by Gasteiger charge is 2.32. The topological polar surface area (TPSA) is 96.0 Å². The summed E-state index contributed by atoms with van der Waals surface area (Å²) in [5.41, 5.74) is 3.49. The zero-order chi connectivity index (χ0) is 31.5. The molecule has 0 saturated heterocycles. The molecule has 1 fully saturated rings. The van der Waals surface area contributed by atoms with E-state index in [-0.39, 0.29) is 37.4 Å². The second kappa shape index (κ2) is 15.7. The maximum Gasteiger partial charge on any atom is 0.243 e. The first kappa shape index (κ1) is 33.1. The van der Waals surface area contributed by atoms with Crippen LogP contribution < -0.4 is 14.4 Å². The Labute approximate surface area is 262 Å². The molecule has 1 aliphatic carbocycles. The molecule has 1 atom stereocenters. The van der Waals surface area contributed by atoms with Gasteiger partial charge >= 0.3 is 0 Å². The fourth-order valence-electron chi connectivity index (χ4n) is 5.79. The molecule has 0 aliphatic heterocycles. The molecule has 0 aromatic heterocycles. The van der Waals surface area contributed by atoms with Crippen molar-refractivity contribution >= 4 is 27.5 Å². The minimum atomic E-state index is -3.57. The summed E-state index contributed by atoms with van der Waals surface area (Å²) in [6.07, 6.45) is 6.84. The lowest BCUT2D eigenvalue weighted by atomic mass is 10.0. The molecule has 1 saturated carbocycles. The second-order valence-electron chi connectivity index (χ2n) is 11.5. The first-order chi connectivity index (χ1) is 21.2. The van der Waals surface area contributed by atoms with Crippen molar-refractivity contribution in [1.29, 1.82) is 0 Å². The molecule has 0 heterocycles. The number of amides is 2. The molecule has 44 heavy (non-hydrogen) atoms. The average molecular weight is 620 g/mol. The number of ether oxygens (including phenoxy) is 1. The number of carbonyl (C=O) groups excluding carboxylic acids is 2. The maximum absolute atomic E-state index is 14.1. The van der Waals surface area contributed by atoms with Crippen LogP contribution in [0, 0.1) is 0 Å². The molecule has 236 valence electrons. The molecular formula is C35H45N3O5S. The number of hydrogen-bond donors (Lipinski definition) is 1. The number of carbonyl (C=O) groups is 2. The predicted molar refractivity (Wildman–Crippen MR) is 175 cm³/mol. The van der Waals surface area contributed by atoms with Crippen molar-refractivity contribution in [2.75, 3.05) is 24.2 Å². The van der Waals surface area contributed by atoms with E-state index in [1.807, 2.05) is 73.7 Å². The van der Waals surface area contributed by atoms with Crippen LogP contribution in [-0.4, -0.2) is 57.1 Å². The third-order valence-corrected chi connectivity index (χ3v) is 9.44. The van der Waals surface area contributed by atoms with E-state index in [1.165, 1.54) is 10.6 Å². The summed E-state index contributed by atoms with van der Waals surface area (Å²) in [5, 5.41) is 3.22. The number of hydrogen-bond acceptors (Lipinski definition) is 5. The normalized spacial score (nSPS) is 14.2. The largest absolute Gasteiger partial charge is 0.497 e. The summed E-state index contributed by atoms with van der Waals surface area (Å²) in [7, 11) is -1.97. The van der Waals surface area contributed by atoms with Crippen LogP contribution in [0.5, 0.6) is 5.75 Å². The van der Waals surface area contributed by atoms with E-state index in [4.69, 9.17) is 4.74 Å². The number of methoxy groups -OCH3 is 1. The summed E-state index contributed by atoms with van der Waals surface area (Å²) in [5.74, 6) is 0.304. The molecule has 9 heteroatoms. The van der Waals surface area contributed by atoms with Crippen LogP contribution in [0.1, 0.15) is 62.1 Å². The minimum Gasteiger partial charge on any atom is -0.497 e. The molecule has 0 bridgehead atoms. The highest BCUT2D eigenvalue weighted by atomic mass is 32.2. The molecule has 3 aromatic carbocycles. The molecule has 0 radical (unpaired) electrons. The lowest BCUT2D eigenvalue weighted by Crippen LogP contribution is -2.52. The minimum absolute atomic E-state index is 0.0883. The Morgan fingerprint density at radius 1 is 0.932 bits per heavy atom. The quantitative estimate of drug-likeness (QED) is 0.242. The SMILES string of the molecule is CCc1ccc(N(CCCC(=O)N(Cc2cccc(OC)c2)C(Cc2ccccc2)C(=O)NC2CCCC2)S(C)(=O)=O)cc1. The van der Waals surface area contributed by atoms with E-state index >= 15 is 0 Å². The third-order valence-electron chi connectivity index (χ3n) is 8.24. The van der Waals surface area contributed by atoms with E-state index in [9.17, 15) is 18.0 Å². The summed E-state index contributed by atoms with van der Waals surface area (Å²) in [4.78, 5) is 29.6. The van der Waals surface area contributed by atoms with E-state index in [1.54, 1.807) is 24.1 Å². The van der Waals surface area contributed by atoms with Gasteiger partial charge in [0.1, 0.15) is 11.8 Å². The molecule has 2 amide bonds.